The second-order valence-electron chi connectivity index (χ2n) is 5.56. The van der Waals surface area contributed by atoms with Gasteiger partial charge in [-0.2, -0.15) is 0 Å². The lowest BCUT2D eigenvalue weighted by Crippen LogP contribution is -2.25. The minimum atomic E-state index is -0.0889. The first-order valence-corrected chi connectivity index (χ1v) is 8.49. The molecule has 2 heteroatoms. The number of fused-ring (bicyclic) bond motifs is 3. The lowest BCUT2D eigenvalue weighted by molar-refractivity contribution is 0.538. The SMILES string of the molecule is C=C(Br)CC1(CC(=C)Br)c2ccccc2-c2ccccc21. The molecule has 0 atom stereocenters. The molecule has 2 aromatic carbocycles. The monoisotopic (exact) mass is 402 g/mol. The summed E-state index contributed by atoms with van der Waals surface area (Å²) < 4.78 is 2.03. The molecule has 1 aliphatic rings. The summed E-state index contributed by atoms with van der Waals surface area (Å²) in [6.45, 7) is 8.18. The van der Waals surface area contributed by atoms with E-state index in [9.17, 15) is 0 Å². The fourth-order valence-corrected chi connectivity index (χ4v) is 4.47. The average Bonchev–Trinajstić information content (AvgIpc) is 2.70. The van der Waals surface area contributed by atoms with Crippen molar-refractivity contribution in [1.82, 2.24) is 0 Å². The predicted octanol–water partition coefficient (Wildman–Crippen LogP) is 6.55. The molecule has 3 rings (SSSR count). The van der Waals surface area contributed by atoms with E-state index in [0.717, 1.165) is 21.8 Å². The Morgan fingerprint density at radius 3 is 1.52 bits per heavy atom. The van der Waals surface area contributed by atoms with Crippen LogP contribution in [0.1, 0.15) is 24.0 Å². The number of rotatable bonds is 4. The first-order valence-electron chi connectivity index (χ1n) is 6.90. The van der Waals surface area contributed by atoms with Crippen LogP contribution in [0.3, 0.4) is 0 Å². The fourth-order valence-electron chi connectivity index (χ4n) is 3.51. The van der Waals surface area contributed by atoms with Crippen molar-refractivity contribution in [3.63, 3.8) is 0 Å². The van der Waals surface area contributed by atoms with Gasteiger partial charge < -0.3 is 0 Å². The summed E-state index contributed by atoms with van der Waals surface area (Å²) in [5.41, 5.74) is 5.31. The van der Waals surface area contributed by atoms with Crippen LogP contribution in [0.15, 0.2) is 70.7 Å². The van der Waals surface area contributed by atoms with E-state index < -0.39 is 0 Å². The number of hydrogen-bond acceptors (Lipinski definition) is 0. The largest absolute Gasteiger partial charge is 0.0888 e. The molecular weight excluding hydrogens is 388 g/mol. The summed E-state index contributed by atoms with van der Waals surface area (Å²) in [7, 11) is 0. The lowest BCUT2D eigenvalue weighted by Gasteiger charge is -2.32. The van der Waals surface area contributed by atoms with Gasteiger partial charge in [-0.15, -0.1) is 0 Å². The summed E-state index contributed by atoms with van der Waals surface area (Å²) in [5, 5.41) is 0. The molecule has 0 radical (unpaired) electrons. The third-order valence-corrected chi connectivity index (χ3v) is 4.72. The molecule has 0 spiro atoms. The number of halogens is 2. The Bertz CT molecular complexity index is 664. The Balaban J connectivity index is 2.31. The highest BCUT2D eigenvalue weighted by atomic mass is 79.9. The summed E-state index contributed by atoms with van der Waals surface area (Å²) in [5.74, 6) is 0. The molecule has 0 aliphatic heterocycles. The van der Waals surface area contributed by atoms with Crippen molar-refractivity contribution in [3.05, 3.63) is 81.8 Å². The molecule has 0 N–H and O–H groups in total. The molecule has 0 bridgehead atoms. The Labute approximate surface area is 142 Å². The van der Waals surface area contributed by atoms with Gasteiger partial charge in [-0.1, -0.05) is 93.5 Å². The molecule has 0 saturated heterocycles. The minimum Gasteiger partial charge on any atom is -0.0888 e. The van der Waals surface area contributed by atoms with Gasteiger partial charge in [0.25, 0.3) is 0 Å². The van der Waals surface area contributed by atoms with Crippen LogP contribution >= 0.6 is 31.9 Å². The van der Waals surface area contributed by atoms with Crippen LogP contribution in [-0.4, -0.2) is 0 Å². The molecule has 2 aromatic rings. The van der Waals surface area contributed by atoms with Crippen LogP contribution in [0, 0.1) is 0 Å². The van der Waals surface area contributed by atoms with Gasteiger partial charge in [0, 0.05) is 5.41 Å². The Hall–Kier alpha value is -1.12. The summed E-state index contributed by atoms with van der Waals surface area (Å²) in [6.07, 6.45) is 1.73. The number of benzene rings is 2. The third-order valence-electron chi connectivity index (χ3n) is 4.16. The van der Waals surface area contributed by atoms with Crippen LogP contribution in [0.2, 0.25) is 0 Å². The van der Waals surface area contributed by atoms with E-state index in [4.69, 9.17) is 0 Å². The van der Waals surface area contributed by atoms with E-state index >= 15 is 0 Å². The van der Waals surface area contributed by atoms with Gasteiger partial charge in [0.1, 0.15) is 0 Å². The van der Waals surface area contributed by atoms with Crippen molar-refractivity contribution >= 4 is 31.9 Å². The molecule has 21 heavy (non-hydrogen) atoms. The second-order valence-corrected chi connectivity index (χ2v) is 7.80. The van der Waals surface area contributed by atoms with Gasteiger partial charge in [0.2, 0.25) is 0 Å². The number of hydrogen-bond donors (Lipinski definition) is 0. The number of allylic oxidation sites excluding steroid dienone is 2. The Morgan fingerprint density at radius 1 is 0.762 bits per heavy atom. The Kier molecular flexibility index (Phi) is 3.94. The molecule has 0 heterocycles. The molecule has 0 fully saturated rings. The normalized spacial score (nSPS) is 14.4. The van der Waals surface area contributed by atoms with Gasteiger partial charge in [0.05, 0.1) is 0 Å². The predicted molar refractivity (Wildman–Crippen MR) is 98.0 cm³/mol. The van der Waals surface area contributed by atoms with E-state index in [-0.39, 0.29) is 5.41 Å². The molecule has 0 nitrogen and oxygen atoms in total. The van der Waals surface area contributed by atoms with Crippen molar-refractivity contribution in [2.24, 2.45) is 0 Å². The maximum Gasteiger partial charge on any atom is 0.0305 e. The maximum atomic E-state index is 4.09. The molecule has 0 unspecified atom stereocenters. The lowest BCUT2D eigenvalue weighted by atomic mass is 9.73. The van der Waals surface area contributed by atoms with Crippen molar-refractivity contribution < 1.29 is 0 Å². The van der Waals surface area contributed by atoms with E-state index in [2.05, 4.69) is 93.5 Å². The highest BCUT2D eigenvalue weighted by Crippen LogP contribution is 2.55. The van der Waals surface area contributed by atoms with Crippen molar-refractivity contribution in [1.29, 1.82) is 0 Å². The quantitative estimate of drug-likeness (QED) is 0.542. The summed E-state index contributed by atoms with van der Waals surface area (Å²) in [6, 6.07) is 17.4. The highest BCUT2D eigenvalue weighted by molar-refractivity contribution is 9.12. The molecule has 106 valence electrons. The molecule has 0 saturated carbocycles. The van der Waals surface area contributed by atoms with Gasteiger partial charge in [-0.05, 0) is 44.1 Å². The van der Waals surface area contributed by atoms with Gasteiger partial charge >= 0.3 is 0 Å². The van der Waals surface area contributed by atoms with Gasteiger partial charge in [-0.25, -0.2) is 0 Å². The highest BCUT2D eigenvalue weighted by Gasteiger charge is 2.42. The van der Waals surface area contributed by atoms with Crippen molar-refractivity contribution in [3.8, 4) is 11.1 Å². The topological polar surface area (TPSA) is 0 Å². The summed E-state index contributed by atoms with van der Waals surface area (Å²) >= 11 is 7.15. The van der Waals surface area contributed by atoms with Crippen molar-refractivity contribution in [2.75, 3.05) is 0 Å². The van der Waals surface area contributed by atoms with Gasteiger partial charge in [0.15, 0.2) is 0 Å². The zero-order valence-corrected chi connectivity index (χ0v) is 14.9. The van der Waals surface area contributed by atoms with E-state index in [1.807, 2.05) is 0 Å². The fraction of sp³-hybridized carbons (Fsp3) is 0.158. The molecular formula is C19H16Br2. The van der Waals surface area contributed by atoms with Gasteiger partial charge in [-0.3, -0.25) is 0 Å². The minimum absolute atomic E-state index is 0.0889. The first-order chi connectivity index (χ1) is 10.0. The average molecular weight is 404 g/mol. The third kappa shape index (κ3) is 2.45. The van der Waals surface area contributed by atoms with Crippen LogP contribution in [0.25, 0.3) is 11.1 Å². The van der Waals surface area contributed by atoms with Crippen LogP contribution in [-0.2, 0) is 5.41 Å². The maximum absolute atomic E-state index is 4.09. The van der Waals surface area contributed by atoms with Crippen LogP contribution < -0.4 is 0 Å². The zero-order chi connectivity index (χ0) is 15.0. The summed E-state index contributed by atoms with van der Waals surface area (Å²) in [4.78, 5) is 0. The molecule has 1 aliphatic carbocycles. The smallest absolute Gasteiger partial charge is 0.0305 e. The zero-order valence-electron chi connectivity index (χ0n) is 11.7. The Morgan fingerprint density at radius 2 is 1.14 bits per heavy atom. The van der Waals surface area contributed by atoms with E-state index in [1.165, 1.54) is 22.3 Å². The molecule has 0 aromatic heterocycles. The molecule has 0 amide bonds. The van der Waals surface area contributed by atoms with E-state index in [1.54, 1.807) is 0 Å². The second kappa shape index (κ2) is 5.58. The van der Waals surface area contributed by atoms with Crippen LogP contribution in [0.4, 0.5) is 0 Å². The standard InChI is InChI=1S/C19H16Br2/c1-13(20)11-19(12-14(2)21)17-9-5-3-7-15(17)16-8-4-6-10-18(16)19/h3-10H,1-2,11-12H2. The van der Waals surface area contributed by atoms with Crippen LogP contribution in [0.5, 0.6) is 0 Å². The van der Waals surface area contributed by atoms with Crippen molar-refractivity contribution in [2.45, 2.75) is 18.3 Å². The van der Waals surface area contributed by atoms with E-state index in [0.29, 0.717) is 0 Å². The first kappa shape index (κ1) is 14.8.